The fraction of sp³-hybridized carbons (Fsp3) is 0.194. The summed E-state index contributed by atoms with van der Waals surface area (Å²) in [5, 5.41) is 16.5. The van der Waals surface area contributed by atoms with Crippen LogP contribution in [0, 0.1) is 0 Å². The van der Waals surface area contributed by atoms with Gasteiger partial charge in [0.25, 0.3) is 0 Å². The van der Waals surface area contributed by atoms with E-state index >= 15 is 0 Å². The summed E-state index contributed by atoms with van der Waals surface area (Å²) in [5.74, 6) is -1.18. The largest absolute Gasteiger partial charge is 0.466 e. The summed E-state index contributed by atoms with van der Waals surface area (Å²) in [7, 11) is 0. The van der Waals surface area contributed by atoms with E-state index in [1.54, 1.807) is 54.5 Å². The number of nitrogens with zero attached hydrogens (tertiary/aromatic N) is 3. The number of rotatable bonds is 11. The zero-order valence-electron chi connectivity index (χ0n) is 23.3. The molecule has 4 N–H and O–H groups in total. The van der Waals surface area contributed by atoms with Gasteiger partial charge in [0.1, 0.15) is 12.7 Å². The Morgan fingerprint density at radius 1 is 1.12 bits per heavy atom. The van der Waals surface area contributed by atoms with Crippen molar-refractivity contribution in [1.29, 1.82) is 0 Å². The fourth-order valence-corrected chi connectivity index (χ4v) is 4.87. The second-order valence-electron chi connectivity index (χ2n) is 9.74. The number of carbonyl (C=O) groups excluding carboxylic acids is 3. The van der Waals surface area contributed by atoms with E-state index in [1.165, 1.54) is 6.08 Å². The first-order chi connectivity index (χ1) is 20.9. The van der Waals surface area contributed by atoms with Gasteiger partial charge in [-0.05, 0) is 65.7 Å². The molecule has 0 saturated heterocycles. The van der Waals surface area contributed by atoms with Crippen molar-refractivity contribution in [3.63, 3.8) is 0 Å². The summed E-state index contributed by atoms with van der Waals surface area (Å²) >= 11 is 6.21. The predicted molar refractivity (Wildman–Crippen MR) is 165 cm³/mol. The number of halogens is 1. The third kappa shape index (κ3) is 7.57. The summed E-state index contributed by atoms with van der Waals surface area (Å²) in [5.41, 5.74) is 7.13. The number of carbonyl (C=O) groups is 3. The molecule has 0 aliphatic carbocycles. The monoisotopic (exact) mass is 599 g/mol. The normalized spacial score (nSPS) is 13.2. The number of esters is 1. The molecule has 0 unspecified atom stereocenters. The number of nitrogens with one attached hydrogen (secondary N) is 4. The van der Waals surface area contributed by atoms with Gasteiger partial charge in [0, 0.05) is 45.9 Å². The number of hydrogen-bond donors (Lipinski definition) is 4. The van der Waals surface area contributed by atoms with Crippen molar-refractivity contribution in [2.45, 2.75) is 25.8 Å². The highest BCUT2D eigenvalue weighted by molar-refractivity contribution is 6.30. The summed E-state index contributed by atoms with van der Waals surface area (Å²) in [6, 6.07) is 19.2. The van der Waals surface area contributed by atoms with Crippen LogP contribution in [0.15, 0.2) is 89.4 Å². The lowest BCUT2D eigenvalue weighted by Crippen LogP contribution is -2.44. The molecule has 5 rings (SSSR count). The highest BCUT2D eigenvalue weighted by Crippen LogP contribution is 2.27. The molecule has 1 aliphatic rings. The first-order valence-electron chi connectivity index (χ1n) is 13.7. The number of benzene rings is 3. The maximum atomic E-state index is 13.5. The van der Waals surface area contributed by atoms with Crippen LogP contribution in [0.4, 0.5) is 11.4 Å². The lowest BCUT2D eigenvalue weighted by Gasteiger charge is -2.18. The number of ether oxygens (including phenoxy) is 1. The van der Waals surface area contributed by atoms with E-state index in [4.69, 9.17) is 16.3 Å². The van der Waals surface area contributed by atoms with Crippen LogP contribution in [-0.2, 0) is 32.0 Å². The minimum Gasteiger partial charge on any atom is -0.466 e. The first-order valence-corrected chi connectivity index (χ1v) is 14.1. The van der Waals surface area contributed by atoms with Crippen LogP contribution in [-0.4, -0.2) is 42.1 Å². The van der Waals surface area contributed by atoms with Crippen molar-refractivity contribution < 1.29 is 19.1 Å². The molecule has 0 bridgehead atoms. The molecule has 0 radical (unpaired) electrons. The Balaban J connectivity index is 1.33. The number of amides is 2. The number of hydrogen-bond acceptors (Lipinski definition) is 8. The molecular weight excluding hydrogens is 570 g/mol. The van der Waals surface area contributed by atoms with Crippen LogP contribution in [0.25, 0.3) is 17.0 Å². The molecule has 2 heterocycles. The van der Waals surface area contributed by atoms with Crippen LogP contribution in [0.1, 0.15) is 23.6 Å². The molecule has 1 atom stereocenters. The van der Waals surface area contributed by atoms with Gasteiger partial charge in [-0.25, -0.2) is 5.01 Å². The molecular formula is C31H30ClN7O4. The Bertz CT molecular complexity index is 1690. The van der Waals surface area contributed by atoms with Crippen molar-refractivity contribution in [2.75, 3.05) is 23.6 Å². The zero-order chi connectivity index (χ0) is 30.2. The van der Waals surface area contributed by atoms with Gasteiger partial charge in [-0.2, -0.15) is 0 Å². The first kappa shape index (κ1) is 29.3. The van der Waals surface area contributed by atoms with Gasteiger partial charge in [-0.1, -0.05) is 47.2 Å². The number of anilines is 2. The van der Waals surface area contributed by atoms with Crippen LogP contribution >= 0.6 is 11.6 Å². The van der Waals surface area contributed by atoms with Gasteiger partial charge < -0.3 is 20.4 Å². The van der Waals surface area contributed by atoms with Crippen LogP contribution in [0.3, 0.4) is 0 Å². The Hall–Kier alpha value is -5.16. The minimum absolute atomic E-state index is 0.107. The Morgan fingerprint density at radius 2 is 1.95 bits per heavy atom. The molecule has 12 heteroatoms. The average Bonchev–Trinajstić information content (AvgIpc) is 3.67. The van der Waals surface area contributed by atoms with Crippen molar-refractivity contribution in [3.05, 3.63) is 101 Å². The highest BCUT2D eigenvalue weighted by Gasteiger charge is 2.22. The number of aromatic nitrogens is 1. The summed E-state index contributed by atoms with van der Waals surface area (Å²) in [4.78, 5) is 41.8. The third-order valence-electron chi connectivity index (χ3n) is 6.72. The van der Waals surface area contributed by atoms with E-state index < -0.39 is 11.9 Å². The van der Waals surface area contributed by atoms with E-state index in [0.29, 0.717) is 35.2 Å². The van der Waals surface area contributed by atoms with E-state index in [1.807, 2.05) is 36.4 Å². The van der Waals surface area contributed by atoms with Crippen molar-refractivity contribution >= 4 is 57.7 Å². The van der Waals surface area contributed by atoms with E-state index in [2.05, 4.69) is 31.5 Å². The van der Waals surface area contributed by atoms with Crippen molar-refractivity contribution in [1.82, 2.24) is 15.7 Å². The van der Waals surface area contributed by atoms with E-state index in [9.17, 15) is 14.4 Å². The SMILES string of the molecule is CCOC(=O)Cc1c[nH]c2ccc(NC(=O)[C@H](Cc3ccccc3)NC(=O)/C=C/c3cc(Cl)ccc3N3CNN=N3)cc12. The van der Waals surface area contributed by atoms with E-state index in [0.717, 1.165) is 22.0 Å². The average molecular weight is 600 g/mol. The Kier molecular flexibility index (Phi) is 9.33. The maximum absolute atomic E-state index is 13.5. The second kappa shape index (κ2) is 13.7. The summed E-state index contributed by atoms with van der Waals surface area (Å²) in [6.45, 7) is 2.44. The van der Waals surface area contributed by atoms with Gasteiger partial charge in [0.15, 0.2) is 0 Å². The van der Waals surface area contributed by atoms with Crippen molar-refractivity contribution in [3.8, 4) is 0 Å². The van der Waals surface area contributed by atoms with Gasteiger partial charge in [-0.3, -0.25) is 19.8 Å². The van der Waals surface area contributed by atoms with Gasteiger partial charge in [0.2, 0.25) is 11.8 Å². The van der Waals surface area contributed by atoms with E-state index in [-0.39, 0.29) is 24.7 Å². The van der Waals surface area contributed by atoms with Gasteiger partial charge >= 0.3 is 5.97 Å². The minimum atomic E-state index is -0.879. The molecule has 0 fully saturated rings. The standard InChI is InChI=1S/C31H30ClN7O4/c1-2-43-30(41)16-22-18-33-26-11-10-24(17-25(22)26)35-31(42)27(14-20-6-4-3-5-7-20)36-29(40)13-8-21-15-23(32)9-12-28(21)39-19-34-37-38-39/h3-13,15,17-18,27,33H,2,14,16,19H2,1H3,(H,34,38)(H,35,42)(H,36,40)/b13-8+/t27-/m0/s1. The number of aromatic amines is 1. The predicted octanol–water partition coefficient (Wildman–Crippen LogP) is 4.96. The summed E-state index contributed by atoms with van der Waals surface area (Å²) in [6.07, 6.45) is 5.11. The molecule has 1 aromatic heterocycles. The maximum Gasteiger partial charge on any atom is 0.310 e. The zero-order valence-corrected chi connectivity index (χ0v) is 24.1. The quantitative estimate of drug-likeness (QED) is 0.142. The third-order valence-corrected chi connectivity index (χ3v) is 6.95. The van der Waals surface area contributed by atoms with Gasteiger partial charge in [-0.15, -0.1) is 0 Å². The van der Waals surface area contributed by atoms with Gasteiger partial charge in [0.05, 0.1) is 18.7 Å². The topological polar surface area (TPSA) is 140 Å². The molecule has 0 saturated carbocycles. The molecule has 11 nitrogen and oxygen atoms in total. The smallest absolute Gasteiger partial charge is 0.310 e. The fourth-order valence-electron chi connectivity index (χ4n) is 4.69. The highest BCUT2D eigenvalue weighted by atomic mass is 35.5. The summed E-state index contributed by atoms with van der Waals surface area (Å²) < 4.78 is 5.08. The molecule has 220 valence electrons. The second-order valence-corrected chi connectivity index (χ2v) is 10.2. The van der Waals surface area contributed by atoms with Crippen LogP contribution < -0.4 is 21.1 Å². The Labute approximate surface area is 252 Å². The number of H-pyrrole nitrogens is 1. The van der Waals surface area contributed by atoms with Crippen LogP contribution in [0.5, 0.6) is 0 Å². The molecule has 43 heavy (non-hydrogen) atoms. The molecule has 3 aromatic carbocycles. The number of fused-ring (bicyclic) bond motifs is 1. The van der Waals surface area contributed by atoms with Crippen molar-refractivity contribution in [2.24, 2.45) is 10.4 Å². The molecule has 1 aliphatic heterocycles. The van der Waals surface area contributed by atoms with Crippen LogP contribution in [0.2, 0.25) is 5.02 Å². The lowest BCUT2D eigenvalue weighted by atomic mass is 10.0. The molecule has 4 aromatic rings. The lowest BCUT2D eigenvalue weighted by molar-refractivity contribution is -0.142. The molecule has 2 amide bonds. The Morgan fingerprint density at radius 3 is 2.72 bits per heavy atom. The molecule has 0 spiro atoms.